The normalized spacial score (nSPS) is 19.9. The van der Waals surface area contributed by atoms with Gasteiger partial charge in [0.1, 0.15) is 0 Å². The first kappa shape index (κ1) is 14.0. The van der Waals surface area contributed by atoms with Gasteiger partial charge in [-0.3, -0.25) is 9.48 Å². The molecule has 19 heavy (non-hydrogen) atoms. The maximum Gasteiger partial charge on any atom is 0.239 e. The van der Waals surface area contributed by atoms with Gasteiger partial charge in [0.05, 0.1) is 12.2 Å². The average Bonchev–Trinajstić information content (AvgIpc) is 2.92. The Hall–Kier alpha value is -1.43. The highest BCUT2D eigenvalue weighted by Crippen LogP contribution is 2.12. The molecule has 0 aromatic carbocycles. The molecule has 1 amide bonds. The van der Waals surface area contributed by atoms with E-state index in [1.807, 2.05) is 11.1 Å². The number of nitrogens with zero attached hydrogens (tertiary/aromatic N) is 4. The lowest BCUT2D eigenvalue weighted by atomic mass is 10.0. The summed E-state index contributed by atoms with van der Waals surface area (Å²) >= 11 is 0. The van der Waals surface area contributed by atoms with Crippen LogP contribution in [0.5, 0.6) is 0 Å². The summed E-state index contributed by atoms with van der Waals surface area (Å²) in [5.74, 6) is 0.262. The first-order valence-corrected chi connectivity index (χ1v) is 7.17. The highest BCUT2D eigenvalue weighted by Gasteiger charge is 2.27. The van der Waals surface area contributed by atoms with Crippen molar-refractivity contribution in [3.8, 4) is 0 Å². The number of hydrogen-bond donors (Lipinski definition) is 1. The van der Waals surface area contributed by atoms with Gasteiger partial charge in [0.25, 0.3) is 0 Å². The van der Waals surface area contributed by atoms with Gasteiger partial charge in [-0.05, 0) is 32.2 Å². The number of nitrogens with one attached hydrogen (secondary N) is 1. The van der Waals surface area contributed by atoms with Crippen LogP contribution in [0, 0.1) is 0 Å². The molecule has 1 atom stereocenters. The molecular weight excluding hydrogens is 242 g/mol. The third-order valence-corrected chi connectivity index (χ3v) is 3.46. The largest absolute Gasteiger partial charge is 0.341 e. The quantitative estimate of drug-likeness (QED) is 0.786. The van der Waals surface area contributed by atoms with Crippen LogP contribution in [0.4, 0.5) is 0 Å². The van der Waals surface area contributed by atoms with E-state index in [-0.39, 0.29) is 11.9 Å². The first-order valence-electron chi connectivity index (χ1n) is 7.17. The maximum absolute atomic E-state index is 12.3. The Morgan fingerprint density at radius 3 is 3.11 bits per heavy atom. The number of amides is 1. The van der Waals surface area contributed by atoms with E-state index in [2.05, 4.69) is 22.6 Å². The lowest BCUT2D eigenvalue weighted by Gasteiger charge is -2.32. The first-order chi connectivity index (χ1) is 9.31. The van der Waals surface area contributed by atoms with E-state index in [0.29, 0.717) is 0 Å². The van der Waals surface area contributed by atoms with Crippen LogP contribution in [-0.2, 0) is 11.3 Å². The minimum atomic E-state index is 0.0278. The van der Waals surface area contributed by atoms with Crippen LogP contribution in [-0.4, -0.2) is 51.5 Å². The number of carbonyl (C=O) groups is 1. The Morgan fingerprint density at radius 2 is 2.37 bits per heavy atom. The van der Waals surface area contributed by atoms with Crippen LogP contribution in [0.15, 0.2) is 12.4 Å². The summed E-state index contributed by atoms with van der Waals surface area (Å²) in [7, 11) is 0. The van der Waals surface area contributed by atoms with E-state index in [9.17, 15) is 4.79 Å². The van der Waals surface area contributed by atoms with Crippen molar-refractivity contribution in [3.63, 3.8) is 0 Å². The van der Waals surface area contributed by atoms with Gasteiger partial charge in [-0.2, -0.15) is 0 Å². The fourth-order valence-electron chi connectivity index (χ4n) is 2.45. The van der Waals surface area contributed by atoms with Crippen molar-refractivity contribution >= 4 is 5.91 Å². The van der Waals surface area contributed by atoms with Crippen molar-refractivity contribution in [3.05, 3.63) is 12.4 Å². The second kappa shape index (κ2) is 7.23. The van der Waals surface area contributed by atoms with Gasteiger partial charge in [-0.15, -0.1) is 5.10 Å². The molecule has 6 heteroatoms. The fraction of sp³-hybridized carbons (Fsp3) is 0.769. The standard InChI is InChI=1S/C13H23N5O/c1-2-6-14-12-5-3-8-17(13(12)19)9-4-10-18-11-7-15-16-18/h7,11-12,14H,2-6,8-10H2,1H3. The topological polar surface area (TPSA) is 63.1 Å². The number of carbonyl (C=O) groups excluding carboxylic acids is 1. The van der Waals surface area contributed by atoms with Gasteiger partial charge >= 0.3 is 0 Å². The summed E-state index contributed by atoms with van der Waals surface area (Å²) < 4.78 is 1.81. The zero-order valence-electron chi connectivity index (χ0n) is 11.6. The molecule has 1 aromatic heterocycles. The number of piperidine rings is 1. The lowest BCUT2D eigenvalue weighted by molar-refractivity contribution is -0.136. The molecule has 2 heterocycles. The minimum absolute atomic E-state index is 0.0278. The Balaban J connectivity index is 1.74. The molecule has 0 saturated carbocycles. The predicted octanol–water partition coefficient (Wildman–Crippen LogP) is 0.659. The van der Waals surface area contributed by atoms with Crippen molar-refractivity contribution < 1.29 is 4.79 Å². The average molecular weight is 265 g/mol. The summed E-state index contributed by atoms with van der Waals surface area (Å²) in [4.78, 5) is 14.2. The van der Waals surface area contributed by atoms with E-state index in [1.165, 1.54) is 0 Å². The van der Waals surface area contributed by atoms with Crippen molar-refractivity contribution in [1.82, 2.24) is 25.2 Å². The molecule has 1 aromatic rings. The van der Waals surface area contributed by atoms with Gasteiger partial charge < -0.3 is 10.2 Å². The molecule has 1 aliphatic heterocycles. The fourth-order valence-corrected chi connectivity index (χ4v) is 2.45. The molecule has 2 rings (SSSR count). The molecule has 6 nitrogen and oxygen atoms in total. The Kier molecular flexibility index (Phi) is 5.32. The van der Waals surface area contributed by atoms with Crippen LogP contribution in [0.3, 0.4) is 0 Å². The zero-order valence-corrected chi connectivity index (χ0v) is 11.6. The molecule has 1 unspecified atom stereocenters. The Labute approximate surface area is 114 Å². The molecule has 0 aliphatic carbocycles. The molecule has 0 radical (unpaired) electrons. The molecule has 1 N–H and O–H groups in total. The lowest BCUT2D eigenvalue weighted by Crippen LogP contribution is -2.51. The number of rotatable bonds is 7. The summed E-state index contributed by atoms with van der Waals surface area (Å²) in [6, 6.07) is 0.0278. The third kappa shape index (κ3) is 4.02. The monoisotopic (exact) mass is 265 g/mol. The second-order valence-corrected chi connectivity index (χ2v) is 4.99. The van der Waals surface area contributed by atoms with Crippen molar-refractivity contribution in [2.24, 2.45) is 0 Å². The van der Waals surface area contributed by atoms with E-state index >= 15 is 0 Å². The van der Waals surface area contributed by atoms with Crippen LogP contribution in [0.25, 0.3) is 0 Å². The summed E-state index contributed by atoms with van der Waals surface area (Å²) in [5, 5.41) is 11.0. The summed E-state index contributed by atoms with van der Waals surface area (Å²) in [6.07, 6.45) is 7.58. The molecule has 1 aliphatic rings. The molecule has 1 fully saturated rings. The Bertz CT molecular complexity index is 378. The van der Waals surface area contributed by atoms with Crippen LogP contribution < -0.4 is 5.32 Å². The van der Waals surface area contributed by atoms with E-state index < -0.39 is 0 Å². The maximum atomic E-state index is 12.3. The predicted molar refractivity (Wildman–Crippen MR) is 72.5 cm³/mol. The third-order valence-electron chi connectivity index (χ3n) is 3.46. The van der Waals surface area contributed by atoms with Crippen molar-refractivity contribution in [2.75, 3.05) is 19.6 Å². The number of aryl methyl sites for hydroxylation is 1. The van der Waals surface area contributed by atoms with E-state index in [4.69, 9.17) is 0 Å². The van der Waals surface area contributed by atoms with Gasteiger partial charge in [0.2, 0.25) is 5.91 Å². The molecule has 1 saturated heterocycles. The van der Waals surface area contributed by atoms with Gasteiger partial charge in [0.15, 0.2) is 0 Å². The van der Waals surface area contributed by atoms with E-state index in [0.717, 1.165) is 51.9 Å². The van der Waals surface area contributed by atoms with Gasteiger partial charge in [-0.25, -0.2) is 0 Å². The molecule has 0 bridgehead atoms. The van der Waals surface area contributed by atoms with Gasteiger partial charge in [0, 0.05) is 25.8 Å². The summed E-state index contributed by atoms with van der Waals surface area (Å²) in [6.45, 7) is 5.56. The smallest absolute Gasteiger partial charge is 0.239 e. The number of hydrogen-bond acceptors (Lipinski definition) is 4. The number of aromatic nitrogens is 3. The number of likely N-dealkylation sites (tertiary alicyclic amines) is 1. The van der Waals surface area contributed by atoms with Crippen LogP contribution in [0.1, 0.15) is 32.6 Å². The minimum Gasteiger partial charge on any atom is -0.341 e. The van der Waals surface area contributed by atoms with Gasteiger partial charge in [-0.1, -0.05) is 12.1 Å². The zero-order chi connectivity index (χ0) is 13.5. The highest BCUT2D eigenvalue weighted by atomic mass is 16.2. The molecule has 106 valence electrons. The van der Waals surface area contributed by atoms with E-state index in [1.54, 1.807) is 10.9 Å². The molecule has 0 spiro atoms. The highest BCUT2D eigenvalue weighted by molar-refractivity contribution is 5.82. The molecular formula is C13H23N5O. The van der Waals surface area contributed by atoms with Crippen LogP contribution >= 0.6 is 0 Å². The van der Waals surface area contributed by atoms with Crippen LogP contribution in [0.2, 0.25) is 0 Å². The Morgan fingerprint density at radius 1 is 1.47 bits per heavy atom. The summed E-state index contributed by atoms with van der Waals surface area (Å²) in [5.41, 5.74) is 0. The van der Waals surface area contributed by atoms with Crippen molar-refractivity contribution in [1.29, 1.82) is 0 Å². The SMILES string of the molecule is CCCNC1CCCN(CCCn2ccnn2)C1=O. The second-order valence-electron chi connectivity index (χ2n) is 4.99. The van der Waals surface area contributed by atoms with Crippen molar-refractivity contribution in [2.45, 2.75) is 45.2 Å².